The average Bonchev–Trinajstić information content (AvgIpc) is 3.57. The highest BCUT2D eigenvalue weighted by molar-refractivity contribution is 7.69. The number of halogens is 2. The van der Waals surface area contributed by atoms with E-state index in [1.54, 1.807) is 29.3 Å². The van der Waals surface area contributed by atoms with Crippen LogP contribution in [0.3, 0.4) is 0 Å². The fraction of sp³-hybridized carbons (Fsp3) is 0.440. The largest absolute Gasteiger partial charge is 0.351 e. The second-order valence-electron chi connectivity index (χ2n) is 9.25. The molecule has 36 heavy (non-hydrogen) atoms. The Hall–Kier alpha value is -2.53. The Kier molecular flexibility index (Phi) is 8.61. The van der Waals surface area contributed by atoms with E-state index in [4.69, 9.17) is 11.6 Å². The highest BCUT2D eigenvalue weighted by Gasteiger charge is 2.41. The third-order valence-electron chi connectivity index (χ3n) is 6.60. The minimum absolute atomic E-state index is 0.0257. The topological polar surface area (TPSA) is 89.8 Å². The zero-order valence-corrected chi connectivity index (χ0v) is 21.6. The van der Waals surface area contributed by atoms with Crippen LogP contribution in [0.4, 0.5) is 10.1 Å². The van der Waals surface area contributed by atoms with Crippen LogP contribution in [0.1, 0.15) is 50.6 Å². The minimum Gasteiger partial charge on any atom is -0.351 e. The molecule has 0 spiro atoms. The molecule has 2 aromatic rings. The molecule has 0 aromatic heterocycles. The van der Waals surface area contributed by atoms with Crippen molar-refractivity contribution in [3.8, 4) is 0 Å². The molecule has 4 rings (SSSR count). The van der Waals surface area contributed by atoms with Gasteiger partial charge >= 0.3 is 0 Å². The van der Waals surface area contributed by atoms with Crippen LogP contribution < -0.4 is 10.2 Å². The van der Waals surface area contributed by atoms with Crippen molar-refractivity contribution in [1.29, 1.82) is 0 Å². The normalized spacial score (nSPS) is 20.8. The third-order valence-corrected chi connectivity index (χ3v) is 7.69. The maximum atomic E-state index is 14.3. The summed E-state index contributed by atoms with van der Waals surface area (Å²) in [6.07, 6.45) is 4.74. The first-order chi connectivity index (χ1) is 17.3. The van der Waals surface area contributed by atoms with E-state index < -0.39 is 41.1 Å². The van der Waals surface area contributed by atoms with Gasteiger partial charge in [0.15, 0.2) is 0 Å². The maximum Gasteiger partial charge on any atom is 0.248 e. The molecule has 1 aliphatic carbocycles. The summed E-state index contributed by atoms with van der Waals surface area (Å²) in [5.74, 6) is -1.73. The average molecular weight is 537 g/mol. The lowest BCUT2D eigenvalue weighted by molar-refractivity contribution is -0.127. The van der Waals surface area contributed by atoms with Gasteiger partial charge in [-0.15, -0.1) is 4.41 Å². The first-order valence-electron chi connectivity index (χ1n) is 12.1. The van der Waals surface area contributed by atoms with E-state index in [2.05, 4.69) is 5.32 Å². The Labute approximate surface area is 217 Å². The molecule has 8 nitrogen and oxygen atoms in total. The molecule has 1 saturated heterocycles. The fourth-order valence-corrected chi connectivity index (χ4v) is 5.58. The first kappa shape index (κ1) is 26.5. The molecule has 2 aromatic carbocycles. The highest BCUT2D eigenvalue weighted by Crippen LogP contribution is 2.34. The van der Waals surface area contributed by atoms with Crippen LogP contribution in [0.25, 0.3) is 0 Å². The molecule has 0 radical (unpaired) electrons. The van der Waals surface area contributed by atoms with E-state index in [1.807, 2.05) is 6.92 Å². The van der Waals surface area contributed by atoms with Gasteiger partial charge in [0.1, 0.15) is 18.4 Å². The Bertz CT molecular complexity index is 1180. The molecule has 11 heteroatoms. The van der Waals surface area contributed by atoms with Gasteiger partial charge in [0, 0.05) is 34.9 Å². The fourth-order valence-electron chi connectivity index (χ4n) is 4.67. The summed E-state index contributed by atoms with van der Waals surface area (Å²) in [6.45, 7) is 1.80. The first-order valence-corrected chi connectivity index (χ1v) is 13.6. The zero-order valence-electron chi connectivity index (χ0n) is 20.0. The molecule has 194 valence electrons. The van der Waals surface area contributed by atoms with E-state index in [0.717, 1.165) is 47.5 Å². The van der Waals surface area contributed by atoms with Gasteiger partial charge < -0.3 is 5.32 Å². The van der Waals surface area contributed by atoms with Crippen LogP contribution in [0.15, 0.2) is 48.5 Å². The van der Waals surface area contributed by atoms with Crippen LogP contribution in [0, 0.1) is 5.82 Å². The quantitative estimate of drug-likeness (QED) is 0.378. The van der Waals surface area contributed by atoms with Crippen molar-refractivity contribution in [1.82, 2.24) is 14.7 Å². The predicted molar refractivity (Wildman–Crippen MR) is 136 cm³/mol. The molecule has 1 saturated carbocycles. The number of amides is 2. The van der Waals surface area contributed by atoms with Gasteiger partial charge in [-0.2, -0.15) is 0 Å². The highest BCUT2D eigenvalue weighted by atomic mass is 35.5. The monoisotopic (exact) mass is 536 g/mol. The van der Waals surface area contributed by atoms with Crippen LogP contribution >= 0.6 is 11.6 Å². The van der Waals surface area contributed by atoms with Crippen molar-refractivity contribution >= 4 is 40.0 Å². The summed E-state index contributed by atoms with van der Waals surface area (Å²) in [4.78, 5) is 28.7. The Morgan fingerprint density at radius 2 is 1.83 bits per heavy atom. The van der Waals surface area contributed by atoms with Crippen molar-refractivity contribution in [2.24, 2.45) is 0 Å². The van der Waals surface area contributed by atoms with E-state index in [9.17, 15) is 22.4 Å². The van der Waals surface area contributed by atoms with Gasteiger partial charge in [0.05, 0.1) is 0 Å². The summed E-state index contributed by atoms with van der Waals surface area (Å²) in [7, 11) is -3.10. The number of anilines is 1. The second-order valence-corrected chi connectivity index (χ2v) is 10.6. The van der Waals surface area contributed by atoms with Gasteiger partial charge in [0.25, 0.3) is 0 Å². The van der Waals surface area contributed by atoms with Gasteiger partial charge in [-0.1, -0.05) is 55.1 Å². The van der Waals surface area contributed by atoms with Crippen LogP contribution in [0.2, 0.25) is 5.02 Å². The number of hydrazine groups is 1. The van der Waals surface area contributed by atoms with Crippen LogP contribution in [0.5, 0.6) is 0 Å². The molecule has 1 aliphatic heterocycles. The maximum absolute atomic E-state index is 14.3. The number of carbonyl (C=O) groups is 2. The molecule has 2 fully saturated rings. The molecule has 1 heterocycles. The second kappa shape index (κ2) is 11.7. The molecule has 1 N–H and O–H groups in total. The third kappa shape index (κ3) is 6.23. The van der Waals surface area contributed by atoms with Gasteiger partial charge in [0.2, 0.25) is 22.7 Å². The lowest BCUT2D eigenvalue weighted by Gasteiger charge is -2.34. The molecule has 2 unspecified atom stereocenters. The number of rotatable bonds is 9. The van der Waals surface area contributed by atoms with E-state index in [0.29, 0.717) is 12.1 Å². The smallest absolute Gasteiger partial charge is 0.248 e. The standard InChI is InChI=1S/C25H30ClFN4O4S/c1-17-15-29(17)30(36(34)35)16-23(32)31(20-11-7-8-18(27)14-20)24(21-12-5-6-13-22(21)26)25(33)28-19-9-3-2-4-10-19/h5-8,11-14,17,19,24,36H,2-4,9-10,15-16H2,1H3,(H,28,33)/t17-,24?,29?/m0/s1. The number of nitrogens with zero attached hydrogens (tertiary/aromatic N) is 3. The number of thiol groups is 1. The van der Waals surface area contributed by atoms with Crippen molar-refractivity contribution in [3.63, 3.8) is 0 Å². The molecule has 0 bridgehead atoms. The van der Waals surface area contributed by atoms with Crippen LogP contribution in [-0.2, 0) is 20.5 Å². The number of hydrogen-bond donors (Lipinski definition) is 2. The van der Waals surface area contributed by atoms with E-state index in [-0.39, 0.29) is 22.8 Å². The summed E-state index contributed by atoms with van der Waals surface area (Å²) >= 11 is 6.50. The lowest BCUT2D eigenvalue weighted by atomic mass is 9.94. The van der Waals surface area contributed by atoms with E-state index >= 15 is 0 Å². The summed E-state index contributed by atoms with van der Waals surface area (Å²) in [6, 6.07) is 10.7. The Morgan fingerprint density at radius 1 is 1.14 bits per heavy atom. The number of benzene rings is 2. The summed E-state index contributed by atoms with van der Waals surface area (Å²) in [5, 5.41) is 4.86. The zero-order chi connectivity index (χ0) is 25.8. The van der Waals surface area contributed by atoms with Gasteiger partial charge in [-0.3, -0.25) is 14.5 Å². The van der Waals surface area contributed by atoms with Crippen LogP contribution in [-0.4, -0.2) is 54.8 Å². The lowest BCUT2D eigenvalue weighted by Crippen LogP contribution is -2.50. The van der Waals surface area contributed by atoms with Gasteiger partial charge in [-0.05, 0) is 44.0 Å². The SMILES string of the molecule is C[C@H]1CN1N(CC(=O)N(c1cccc(F)c1)C(C(=O)NC1CCCCC1)c1ccccc1Cl)[SH](=O)=O. The number of hydrogen-bond acceptors (Lipinski definition) is 5. The molecule has 2 amide bonds. The van der Waals surface area contributed by atoms with Crippen molar-refractivity contribution < 1.29 is 22.4 Å². The van der Waals surface area contributed by atoms with E-state index in [1.165, 1.54) is 18.2 Å². The number of carbonyl (C=O) groups excluding carboxylic acids is 2. The van der Waals surface area contributed by atoms with Crippen molar-refractivity contribution in [2.75, 3.05) is 18.0 Å². The molecule has 3 atom stereocenters. The molecular formula is C25H30ClFN4O4S. The Balaban J connectivity index is 1.76. The summed E-state index contributed by atoms with van der Waals surface area (Å²) < 4.78 is 39.2. The Morgan fingerprint density at radius 3 is 2.44 bits per heavy atom. The minimum atomic E-state index is -3.10. The summed E-state index contributed by atoms with van der Waals surface area (Å²) in [5.41, 5.74) is 0.492. The van der Waals surface area contributed by atoms with Crippen molar-refractivity contribution in [3.05, 3.63) is 64.9 Å². The molecular weight excluding hydrogens is 507 g/mol. The predicted octanol–water partition coefficient (Wildman–Crippen LogP) is 3.45. The molecule has 2 aliphatic rings. The van der Waals surface area contributed by atoms with Gasteiger partial charge in [-0.25, -0.2) is 17.8 Å². The number of nitrogens with one attached hydrogen (secondary N) is 1. The van der Waals surface area contributed by atoms with Crippen molar-refractivity contribution in [2.45, 2.75) is 57.2 Å².